The molecule has 1 saturated carbocycles. The van der Waals surface area contributed by atoms with Crippen molar-refractivity contribution in [2.24, 2.45) is 0 Å². The maximum atomic E-state index is 13.0. The minimum absolute atomic E-state index is 0.0459. The van der Waals surface area contributed by atoms with Crippen molar-refractivity contribution in [2.45, 2.75) is 84.2 Å². The Morgan fingerprint density at radius 1 is 1.11 bits per heavy atom. The molecule has 2 aromatic rings. The molecule has 9 heteroatoms. The van der Waals surface area contributed by atoms with Crippen molar-refractivity contribution in [1.82, 2.24) is 9.47 Å². The van der Waals surface area contributed by atoms with Gasteiger partial charge in [0.2, 0.25) is 0 Å². The Morgan fingerprint density at radius 2 is 1.78 bits per heavy atom. The van der Waals surface area contributed by atoms with Crippen LogP contribution in [0.4, 0.5) is 0 Å². The first-order chi connectivity index (χ1) is 16.9. The fraction of sp³-hybridized carbons (Fsp3) is 0.519. The minimum atomic E-state index is -0.566. The van der Waals surface area contributed by atoms with Crippen LogP contribution in [-0.4, -0.2) is 46.2 Å². The molecule has 7 nitrogen and oxygen atoms in total. The normalized spacial score (nSPS) is 17.9. The van der Waals surface area contributed by atoms with Crippen LogP contribution < -0.4 is 5.56 Å². The predicted molar refractivity (Wildman–Crippen MR) is 141 cm³/mol. The summed E-state index contributed by atoms with van der Waals surface area (Å²) in [5, 5.41) is 0.471. The van der Waals surface area contributed by atoms with Gasteiger partial charge >= 0.3 is 11.9 Å². The number of likely N-dealkylation sites (N-methyl/N-ethyl adjacent to an activating group) is 1. The van der Waals surface area contributed by atoms with Gasteiger partial charge in [-0.1, -0.05) is 35.3 Å². The average molecular weight is 537 g/mol. The van der Waals surface area contributed by atoms with E-state index in [9.17, 15) is 14.4 Å². The number of ether oxygens (including phenoxy) is 2. The molecule has 0 N–H and O–H groups in total. The molecule has 1 aromatic heterocycles. The van der Waals surface area contributed by atoms with Crippen molar-refractivity contribution in [3.63, 3.8) is 0 Å². The zero-order chi connectivity index (χ0) is 26.6. The standard InChI is InChI=1S/C27H34Cl2N2O5/c1-17(32)35-24-8-6-7-22(24)30(5)16-23-20(28)15-21(29)25(33)31(23)14-13-18-9-11-19(12-10-18)26(34)36-27(2,3)4/h9-12,15,22,24H,6-8,13-14,16H2,1-5H3/t22-,24?/m1/s1. The van der Waals surface area contributed by atoms with Crippen LogP contribution in [0.2, 0.25) is 10.0 Å². The Balaban J connectivity index is 1.76. The highest BCUT2D eigenvalue weighted by molar-refractivity contribution is 6.34. The summed E-state index contributed by atoms with van der Waals surface area (Å²) >= 11 is 12.7. The molecule has 2 atom stereocenters. The number of esters is 2. The van der Waals surface area contributed by atoms with Crippen LogP contribution in [0.3, 0.4) is 0 Å². The molecule has 1 aliphatic carbocycles. The summed E-state index contributed by atoms with van der Waals surface area (Å²) in [6.45, 7) is 7.67. The molecule has 0 amide bonds. The molecule has 36 heavy (non-hydrogen) atoms. The summed E-state index contributed by atoms with van der Waals surface area (Å²) in [5.41, 5.74) is 1.21. The predicted octanol–water partition coefficient (Wildman–Crippen LogP) is 5.27. The van der Waals surface area contributed by atoms with Gasteiger partial charge < -0.3 is 14.0 Å². The van der Waals surface area contributed by atoms with Gasteiger partial charge in [-0.2, -0.15) is 0 Å². The summed E-state index contributed by atoms with van der Waals surface area (Å²) in [5.74, 6) is -0.671. The van der Waals surface area contributed by atoms with E-state index < -0.39 is 5.60 Å². The number of hydrogen-bond donors (Lipinski definition) is 0. The third kappa shape index (κ3) is 7.34. The molecule has 1 aromatic carbocycles. The average Bonchev–Trinajstić information content (AvgIpc) is 3.23. The topological polar surface area (TPSA) is 77.8 Å². The first kappa shape index (κ1) is 28.2. The first-order valence-corrected chi connectivity index (χ1v) is 12.9. The van der Waals surface area contributed by atoms with E-state index in [1.807, 2.05) is 40.0 Å². The molecule has 0 bridgehead atoms. The number of carbonyl (C=O) groups is 2. The van der Waals surface area contributed by atoms with E-state index in [1.54, 1.807) is 16.7 Å². The Labute approximate surface area is 222 Å². The van der Waals surface area contributed by atoms with Crippen molar-refractivity contribution in [2.75, 3.05) is 7.05 Å². The molecule has 196 valence electrons. The van der Waals surface area contributed by atoms with Gasteiger partial charge in [0, 0.05) is 26.1 Å². The monoisotopic (exact) mass is 536 g/mol. The van der Waals surface area contributed by atoms with Gasteiger partial charge in [0.1, 0.15) is 16.7 Å². The van der Waals surface area contributed by atoms with Crippen LogP contribution >= 0.6 is 23.2 Å². The maximum Gasteiger partial charge on any atom is 0.338 e. The number of aromatic nitrogens is 1. The van der Waals surface area contributed by atoms with E-state index in [-0.39, 0.29) is 34.7 Å². The van der Waals surface area contributed by atoms with E-state index in [2.05, 4.69) is 4.90 Å². The molecule has 3 rings (SSSR count). The maximum absolute atomic E-state index is 13.0. The second-order valence-corrected chi connectivity index (χ2v) is 11.1. The summed E-state index contributed by atoms with van der Waals surface area (Å²) in [4.78, 5) is 38.8. The van der Waals surface area contributed by atoms with Gasteiger partial charge in [0.15, 0.2) is 0 Å². The van der Waals surface area contributed by atoms with Gasteiger partial charge in [0.25, 0.3) is 5.56 Å². The first-order valence-electron chi connectivity index (χ1n) is 12.1. The smallest absolute Gasteiger partial charge is 0.338 e. The Kier molecular flexibility index (Phi) is 9.25. The highest BCUT2D eigenvalue weighted by Gasteiger charge is 2.33. The largest absolute Gasteiger partial charge is 0.461 e. The summed E-state index contributed by atoms with van der Waals surface area (Å²) in [7, 11) is 1.95. The third-order valence-corrected chi connectivity index (χ3v) is 6.82. The van der Waals surface area contributed by atoms with Crippen LogP contribution in [0.1, 0.15) is 68.6 Å². The van der Waals surface area contributed by atoms with Crippen LogP contribution in [0.15, 0.2) is 35.1 Å². The lowest BCUT2D eigenvalue weighted by molar-refractivity contribution is -0.148. The number of pyridine rings is 1. The SMILES string of the molecule is CC(=O)OC1CCC[C@H]1N(C)Cc1c(Cl)cc(Cl)c(=O)n1CCc1ccc(C(=O)OC(C)(C)C)cc1. The van der Waals surface area contributed by atoms with Crippen molar-refractivity contribution < 1.29 is 19.1 Å². The molecule has 1 aliphatic rings. The number of hydrogen-bond acceptors (Lipinski definition) is 6. The van der Waals surface area contributed by atoms with Crippen molar-refractivity contribution in [3.05, 3.63) is 67.6 Å². The van der Waals surface area contributed by atoms with Crippen molar-refractivity contribution in [1.29, 1.82) is 0 Å². The second-order valence-electron chi connectivity index (χ2n) is 10.3. The highest BCUT2D eigenvalue weighted by atomic mass is 35.5. The van der Waals surface area contributed by atoms with Gasteiger partial charge in [0.05, 0.1) is 16.3 Å². The van der Waals surface area contributed by atoms with E-state index >= 15 is 0 Å². The number of aryl methyl sites for hydroxylation is 1. The minimum Gasteiger partial charge on any atom is -0.461 e. The van der Waals surface area contributed by atoms with Crippen LogP contribution in [0.25, 0.3) is 0 Å². The van der Waals surface area contributed by atoms with Gasteiger partial charge in [-0.25, -0.2) is 4.79 Å². The second kappa shape index (κ2) is 11.8. The molecular formula is C27H34Cl2N2O5. The van der Waals surface area contributed by atoms with Crippen LogP contribution in [0, 0.1) is 0 Å². The molecule has 0 saturated heterocycles. The zero-order valence-electron chi connectivity index (χ0n) is 21.5. The van der Waals surface area contributed by atoms with E-state index in [0.29, 0.717) is 35.8 Å². The molecule has 1 heterocycles. The molecule has 1 unspecified atom stereocenters. The number of halogens is 2. The summed E-state index contributed by atoms with van der Waals surface area (Å²) in [6.07, 6.45) is 3.04. The Bertz CT molecular complexity index is 1150. The summed E-state index contributed by atoms with van der Waals surface area (Å²) < 4.78 is 12.5. The molecule has 0 aliphatic heterocycles. The number of benzene rings is 1. The number of nitrogens with zero attached hydrogens (tertiary/aromatic N) is 2. The lowest BCUT2D eigenvalue weighted by Gasteiger charge is -2.30. The third-order valence-electron chi connectivity index (χ3n) is 6.22. The zero-order valence-corrected chi connectivity index (χ0v) is 23.0. The number of rotatable bonds is 8. The van der Waals surface area contributed by atoms with E-state index in [1.165, 1.54) is 13.0 Å². The van der Waals surface area contributed by atoms with Gasteiger partial charge in [-0.05, 0) is 77.3 Å². The lowest BCUT2D eigenvalue weighted by Crippen LogP contribution is -2.40. The van der Waals surface area contributed by atoms with Gasteiger partial charge in [-0.15, -0.1) is 0 Å². The molecular weight excluding hydrogens is 503 g/mol. The molecule has 0 spiro atoms. The van der Waals surface area contributed by atoms with E-state index in [0.717, 1.165) is 24.8 Å². The van der Waals surface area contributed by atoms with Gasteiger partial charge in [-0.3, -0.25) is 14.5 Å². The van der Waals surface area contributed by atoms with Crippen LogP contribution in [-0.2, 0) is 33.8 Å². The molecule has 1 fully saturated rings. The lowest BCUT2D eigenvalue weighted by atomic mass is 10.1. The number of carbonyl (C=O) groups excluding carboxylic acids is 2. The Hall–Kier alpha value is -2.35. The Morgan fingerprint density at radius 3 is 2.39 bits per heavy atom. The van der Waals surface area contributed by atoms with Crippen molar-refractivity contribution in [3.8, 4) is 0 Å². The highest BCUT2D eigenvalue weighted by Crippen LogP contribution is 2.29. The fourth-order valence-electron chi connectivity index (χ4n) is 4.53. The molecule has 0 radical (unpaired) electrons. The quantitative estimate of drug-likeness (QED) is 0.427. The van der Waals surface area contributed by atoms with E-state index in [4.69, 9.17) is 32.7 Å². The van der Waals surface area contributed by atoms with Crippen molar-refractivity contribution >= 4 is 35.1 Å². The summed E-state index contributed by atoms with van der Waals surface area (Å²) in [6, 6.07) is 8.68. The van der Waals surface area contributed by atoms with Crippen LogP contribution in [0.5, 0.6) is 0 Å². The fourth-order valence-corrected chi connectivity index (χ4v) is 5.07.